The van der Waals surface area contributed by atoms with Gasteiger partial charge in [0, 0.05) is 18.0 Å². The first-order valence-electron chi connectivity index (χ1n) is 5.50. The van der Waals surface area contributed by atoms with E-state index in [1.807, 2.05) is 0 Å². The molecule has 0 aliphatic heterocycles. The smallest absolute Gasteiger partial charge is 0.0354 e. The summed E-state index contributed by atoms with van der Waals surface area (Å²) in [5.74, 6) is 2.68. The Morgan fingerprint density at radius 1 is 1.43 bits per heavy atom. The minimum atomic E-state index is 0.219. The molecular weight excluding hydrogens is 172 g/mol. The molecule has 2 nitrogen and oxygen atoms in total. The number of terminal acetylenes is 1. The summed E-state index contributed by atoms with van der Waals surface area (Å²) in [6.07, 6.45) is 12.1. The second-order valence-corrected chi connectivity index (χ2v) is 4.55. The van der Waals surface area contributed by atoms with Crippen molar-refractivity contribution in [3.05, 3.63) is 0 Å². The SMILES string of the molecule is C#CCCC(N)C1(N(C)C)CCCC1. The molecule has 14 heavy (non-hydrogen) atoms. The van der Waals surface area contributed by atoms with E-state index in [-0.39, 0.29) is 11.6 Å². The van der Waals surface area contributed by atoms with E-state index in [1.165, 1.54) is 25.7 Å². The molecule has 0 bridgehead atoms. The van der Waals surface area contributed by atoms with E-state index < -0.39 is 0 Å². The number of hydrogen-bond donors (Lipinski definition) is 1. The van der Waals surface area contributed by atoms with Crippen molar-refractivity contribution in [3.63, 3.8) is 0 Å². The molecule has 0 aromatic heterocycles. The predicted molar refractivity (Wildman–Crippen MR) is 60.9 cm³/mol. The van der Waals surface area contributed by atoms with Gasteiger partial charge in [0.1, 0.15) is 0 Å². The monoisotopic (exact) mass is 194 g/mol. The van der Waals surface area contributed by atoms with Crippen molar-refractivity contribution in [3.8, 4) is 12.3 Å². The molecule has 0 heterocycles. The van der Waals surface area contributed by atoms with Gasteiger partial charge in [-0.25, -0.2) is 0 Å². The zero-order valence-corrected chi connectivity index (χ0v) is 9.42. The minimum absolute atomic E-state index is 0.219. The number of nitrogens with zero attached hydrogens (tertiary/aromatic N) is 1. The summed E-state index contributed by atoms with van der Waals surface area (Å²) in [4.78, 5) is 2.31. The Morgan fingerprint density at radius 2 is 2.00 bits per heavy atom. The molecule has 1 aliphatic carbocycles. The van der Waals surface area contributed by atoms with Crippen LogP contribution in [0.15, 0.2) is 0 Å². The van der Waals surface area contributed by atoms with E-state index in [0.29, 0.717) is 0 Å². The highest BCUT2D eigenvalue weighted by Crippen LogP contribution is 2.37. The molecule has 0 spiro atoms. The summed E-state index contributed by atoms with van der Waals surface area (Å²) in [5.41, 5.74) is 6.48. The average Bonchev–Trinajstić information content (AvgIpc) is 2.63. The van der Waals surface area contributed by atoms with Crippen LogP contribution in [-0.2, 0) is 0 Å². The van der Waals surface area contributed by atoms with Crippen molar-refractivity contribution in [1.82, 2.24) is 4.90 Å². The van der Waals surface area contributed by atoms with Gasteiger partial charge < -0.3 is 10.6 Å². The number of likely N-dealkylation sites (N-methyl/N-ethyl adjacent to an activating group) is 1. The standard InChI is InChI=1S/C12H22N2/c1-4-5-8-11(13)12(14(2)3)9-6-7-10-12/h1,11H,5-10,13H2,2-3H3. The normalized spacial score (nSPS) is 22.2. The Kier molecular flexibility index (Phi) is 3.97. The maximum atomic E-state index is 6.26. The lowest BCUT2D eigenvalue weighted by atomic mass is 9.85. The Balaban J connectivity index is 2.63. The highest BCUT2D eigenvalue weighted by molar-refractivity contribution is 5.02. The van der Waals surface area contributed by atoms with E-state index in [4.69, 9.17) is 12.2 Å². The van der Waals surface area contributed by atoms with Gasteiger partial charge in [-0.2, -0.15) is 0 Å². The van der Waals surface area contributed by atoms with Crippen molar-refractivity contribution >= 4 is 0 Å². The summed E-state index contributed by atoms with van der Waals surface area (Å²) in [7, 11) is 4.28. The lowest BCUT2D eigenvalue weighted by Gasteiger charge is -2.41. The fourth-order valence-corrected chi connectivity index (χ4v) is 2.64. The van der Waals surface area contributed by atoms with E-state index in [9.17, 15) is 0 Å². The highest BCUT2D eigenvalue weighted by Gasteiger charge is 2.40. The van der Waals surface area contributed by atoms with Gasteiger partial charge in [0.2, 0.25) is 0 Å². The Hall–Kier alpha value is -0.520. The Bertz CT molecular complexity index is 209. The lowest BCUT2D eigenvalue weighted by Crippen LogP contribution is -2.55. The molecule has 0 amide bonds. The van der Waals surface area contributed by atoms with Crippen LogP contribution in [0.3, 0.4) is 0 Å². The maximum Gasteiger partial charge on any atom is 0.0354 e. The van der Waals surface area contributed by atoms with Crippen molar-refractivity contribution in [2.75, 3.05) is 14.1 Å². The van der Waals surface area contributed by atoms with Gasteiger partial charge in [-0.15, -0.1) is 12.3 Å². The first-order valence-corrected chi connectivity index (χ1v) is 5.50. The fraction of sp³-hybridized carbons (Fsp3) is 0.833. The second kappa shape index (κ2) is 4.82. The quantitative estimate of drug-likeness (QED) is 0.689. The van der Waals surface area contributed by atoms with Gasteiger partial charge >= 0.3 is 0 Å². The van der Waals surface area contributed by atoms with Crippen LogP contribution in [0.2, 0.25) is 0 Å². The largest absolute Gasteiger partial charge is 0.326 e. The van der Waals surface area contributed by atoms with E-state index >= 15 is 0 Å². The molecule has 1 fully saturated rings. The van der Waals surface area contributed by atoms with Crippen LogP contribution in [0, 0.1) is 12.3 Å². The summed E-state index contributed by atoms with van der Waals surface area (Å²) in [6.45, 7) is 0. The summed E-state index contributed by atoms with van der Waals surface area (Å²) in [6, 6.07) is 0.232. The van der Waals surface area contributed by atoms with Crippen LogP contribution < -0.4 is 5.73 Å². The number of hydrogen-bond acceptors (Lipinski definition) is 2. The molecule has 0 radical (unpaired) electrons. The zero-order chi connectivity index (χ0) is 10.6. The topological polar surface area (TPSA) is 29.3 Å². The number of nitrogens with two attached hydrogens (primary N) is 1. The molecule has 2 heteroatoms. The molecule has 0 aromatic carbocycles. The van der Waals surface area contributed by atoms with Crippen LogP contribution in [0.25, 0.3) is 0 Å². The molecule has 80 valence electrons. The Labute approximate surface area is 87.8 Å². The molecule has 1 saturated carbocycles. The fourth-order valence-electron chi connectivity index (χ4n) is 2.64. The molecule has 1 rings (SSSR count). The zero-order valence-electron chi connectivity index (χ0n) is 9.42. The van der Waals surface area contributed by atoms with Crippen molar-refractivity contribution in [1.29, 1.82) is 0 Å². The van der Waals surface area contributed by atoms with Crippen LogP contribution in [-0.4, -0.2) is 30.6 Å². The molecule has 0 aromatic rings. The Morgan fingerprint density at radius 3 is 2.43 bits per heavy atom. The molecule has 1 unspecified atom stereocenters. The maximum absolute atomic E-state index is 6.26. The van der Waals surface area contributed by atoms with Crippen LogP contribution in [0.4, 0.5) is 0 Å². The van der Waals surface area contributed by atoms with Crippen molar-refractivity contribution in [2.24, 2.45) is 5.73 Å². The third-order valence-electron chi connectivity index (χ3n) is 3.65. The van der Waals surface area contributed by atoms with Crippen molar-refractivity contribution < 1.29 is 0 Å². The van der Waals surface area contributed by atoms with Gasteiger partial charge in [0.05, 0.1) is 0 Å². The lowest BCUT2D eigenvalue weighted by molar-refractivity contribution is 0.119. The van der Waals surface area contributed by atoms with E-state index in [0.717, 1.165) is 12.8 Å². The number of rotatable bonds is 4. The van der Waals surface area contributed by atoms with Gasteiger partial charge in [-0.05, 0) is 33.4 Å². The predicted octanol–water partition coefficient (Wildman–Crippen LogP) is 1.60. The third-order valence-corrected chi connectivity index (χ3v) is 3.65. The molecule has 1 aliphatic rings. The molecule has 0 saturated heterocycles. The summed E-state index contributed by atoms with van der Waals surface area (Å²) >= 11 is 0. The minimum Gasteiger partial charge on any atom is -0.326 e. The van der Waals surface area contributed by atoms with Crippen LogP contribution >= 0.6 is 0 Å². The summed E-state index contributed by atoms with van der Waals surface area (Å²) in [5, 5.41) is 0. The second-order valence-electron chi connectivity index (χ2n) is 4.55. The average molecular weight is 194 g/mol. The van der Waals surface area contributed by atoms with Gasteiger partial charge in [0.25, 0.3) is 0 Å². The van der Waals surface area contributed by atoms with Crippen LogP contribution in [0.1, 0.15) is 38.5 Å². The molecular formula is C12H22N2. The first-order chi connectivity index (χ1) is 6.63. The first kappa shape index (κ1) is 11.6. The van der Waals surface area contributed by atoms with Gasteiger partial charge in [-0.3, -0.25) is 0 Å². The van der Waals surface area contributed by atoms with E-state index in [1.54, 1.807) is 0 Å². The van der Waals surface area contributed by atoms with Crippen molar-refractivity contribution in [2.45, 2.75) is 50.1 Å². The molecule has 1 atom stereocenters. The van der Waals surface area contributed by atoms with Crippen LogP contribution in [0.5, 0.6) is 0 Å². The summed E-state index contributed by atoms with van der Waals surface area (Å²) < 4.78 is 0. The van der Waals surface area contributed by atoms with E-state index in [2.05, 4.69) is 24.9 Å². The molecule has 2 N–H and O–H groups in total. The van der Waals surface area contributed by atoms with Gasteiger partial charge in [-0.1, -0.05) is 12.8 Å². The highest BCUT2D eigenvalue weighted by atomic mass is 15.2. The van der Waals surface area contributed by atoms with Gasteiger partial charge in [0.15, 0.2) is 0 Å². The third kappa shape index (κ3) is 2.10.